The first-order chi connectivity index (χ1) is 8.52. The Morgan fingerprint density at radius 3 is 2.39 bits per heavy atom. The Labute approximate surface area is 110 Å². The van der Waals surface area contributed by atoms with Gasteiger partial charge in [-0.15, -0.1) is 0 Å². The molecule has 0 aliphatic rings. The number of anilines is 1. The van der Waals surface area contributed by atoms with Gasteiger partial charge in [-0.25, -0.2) is 4.39 Å². The molecule has 1 unspecified atom stereocenters. The van der Waals surface area contributed by atoms with Gasteiger partial charge in [0.25, 0.3) is 0 Å². The first-order valence-electron chi connectivity index (χ1n) is 6.81. The standard InChI is InChI=1S/C15H25FN2/c1-6-17-12(5)15-13(16)9-8-10-14(15)18(7-2)11(3)4/h8-12,17H,6-7H2,1-5H3. The lowest BCUT2D eigenvalue weighted by Crippen LogP contribution is -2.33. The molecule has 0 aliphatic heterocycles. The molecule has 0 spiro atoms. The quantitative estimate of drug-likeness (QED) is 0.830. The second-order valence-corrected chi connectivity index (χ2v) is 4.83. The van der Waals surface area contributed by atoms with Crippen LogP contribution in [0.3, 0.4) is 0 Å². The van der Waals surface area contributed by atoms with Crippen molar-refractivity contribution in [2.75, 3.05) is 18.0 Å². The van der Waals surface area contributed by atoms with Crippen LogP contribution < -0.4 is 10.2 Å². The number of nitrogens with zero attached hydrogens (tertiary/aromatic N) is 1. The number of rotatable bonds is 6. The fourth-order valence-corrected chi connectivity index (χ4v) is 2.43. The first-order valence-corrected chi connectivity index (χ1v) is 6.81. The lowest BCUT2D eigenvalue weighted by atomic mass is 10.0. The van der Waals surface area contributed by atoms with Gasteiger partial charge in [0.1, 0.15) is 5.82 Å². The van der Waals surface area contributed by atoms with Crippen molar-refractivity contribution in [3.8, 4) is 0 Å². The largest absolute Gasteiger partial charge is 0.369 e. The summed E-state index contributed by atoms with van der Waals surface area (Å²) in [6.45, 7) is 12.1. The predicted octanol–water partition coefficient (Wildman–Crippen LogP) is 3.73. The molecule has 0 radical (unpaired) electrons. The molecule has 0 saturated carbocycles. The minimum absolute atomic E-state index is 0.0269. The normalized spacial score (nSPS) is 12.8. The molecule has 0 aliphatic carbocycles. The summed E-state index contributed by atoms with van der Waals surface area (Å²) in [5.74, 6) is -0.125. The molecule has 0 amide bonds. The van der Waals surface area contributed by atoms with E-state index in [1.165, 1.54) is 0 Å². The number of benzene rings is 1. The third-order valence-corrected chi connectivity index (χ3v) is 3.25. The number of halogens is 1. The van der Waals surface area contributed by atoms with Crippen molar-refractivity contribution in [3.63, 3.8) is 0 Å². The summed E-state index contributed by atoms with van der Waals surface area (Å²) in [7, 11) is 0. The van der Waals surface area contributed by atoms with E-state index in [0.29, 0.717) is 6.04 Å². The first kappa shape index (κ1) is 15.0. The molecule has 0 aromatic heterocycles. The molecule has 102 valence electrons. The smallest absolute Gasteiger partial charge is 0.130 e. The molecule has 2 nitrogen and oxygen atoms in total. The summed E-state index contributed by atoms with van der Waals surface area (Å²) >= 11 is 0. The minimum atomic E-state index is -0.125. The Hall–Kier alpha value is -1.09. The molecule has 1 N–H and O–H groups in total. The van der Waals surface area contributed by atoms with E-state index in [-0.39, 0.29) is 11.9 Å². The zero-order chi connectivity index (χ0) is 13.7. The van der Waals surface area contributed by atoms with Crippen LogP contribution in [0.15, 0.2) is 18.2 Å². The maximum Gasteiger partial charge on any atom is 0.130 e. The third-order valence-electron chi connectivity index (χ3n) is 3.25. The molecule has 3 heteroatoms. The maximum absolute atomic E-state index is 14.1. The number of nitrogens with one attached hydrogen (secondary N) is 1. The van der Waals surface area contributed by atoms with Gasteiger partial charge in [0.05, 0.1) is 0 Å². The van der Waals surface area contributed by atoms with E-state index < -0.39 is 0 Å². The molecule has 1 atom stereocenters. The van der Waals surface area contributed by atoms with Crippen LogP contribution in [0.4, 0.5) is 10.1 Å². The average molecular weight is 252 g/mol. The van der Waals surface area contributed by atoms with Crippen molar-refractivity contribution >= 4 is 5.69 Å². The summed E-state index contributed by atoms with van der Waals surface area (Å²) in [6, 6.07) is 5.73. The molecular formula is C15H25FN2. The second-order valence-electron chi connectivity index (χ2n) is 4.83. The summed E-state index contributed by atoms with van der Waals surface area (Å²) in [5, 5.41) is 3.29. The van der Waals surface area contributed by atoms with Gasteiger partial charge in [-0.3, -0.25) is 0 Å². The van der Waals surface area contributed by atoms with Crippen LogP contribution in [0, 0.1) is 5.82 Å². The highest BCUT2D eigenvalue weighted by Gasteiger charge is 2.19. The van der Waals surface area contributed by atoms with Crippen LogP contribution in [0.25, 0.3) is 0 Å². The molecule has 0 saturated heterocycles. The number of hydrogen-bond acceptors (Lipinski definition) is 2. The monoisotopic (exact) mass is 252 g/mol. The van der Waals surface area contributed by atoms with Gasteiger partial charge in [0.2, 0.25) is 0 Å². The van der Waals surface area contributed by atoms with Crippen molar-refractivity contribution in [1.82, 2.24) is 5.32 Å². The highest BCUT2D eigenvalue weighted by molar-refractivity contribution is 5.56. The van der Waals surface area contributed by atoms with Crippen LogP contribution in [-0.2, 0) is 0 Å². The van der Waals surface area contributed by atoms with Gasteiger partial charge < -0.3 is 10.2 Å². The van der Waals surface area contributed by atoms with Crippen LogP contribution in [0.5, 0.6) is 0 Å². The molecule has 18 heavy (non-hydrogen) atoms. The van der Waals surface area contributed by atoms with Crippen molar-refractivity contribution < 1.29 is 4.39 Å². The van der Waals surface area contributed by atoms with Crippen LogP contribution in [-0.4, -0.2) is 19.1 Å². The second kappa shape index (κ2) is 6.74. The molecular weight excluding hydrogens is 227 g/mol. The van der Waals surface area contributed by atoms with Gasteiger partial charge in [-0.05, 0) is 46.4 Å². The lowest BCUT2D eigenvalue weighted by Gasteiger charge is -2.31. The summed E-state index contributed by atoms with van der Waals surface area (Å²) in [5.41, 5.74) is 1.77. The van der Waals surface area contributed by atoms with E-state index in [2.05, 4.69) is 31.0 Å². The molecule has 0 bridgehead atoms. The highest BCUT2D eigenvalue weighted by atomic mass is 19.1. The Kier molecular flexibility index (Phi) is 5.60. The molecule has 1 rings (SSSR count). The van der Waals surface area contributed by atoms with Gasteiger partial charge in [0, 0.05) is 29.9 Å². The fourth-order valence-electron chi connectivity index (χ4n) is 2.43. The Morgan fingerprint density at radius 1 is 1.22 bits per heavy atom. The summed E-state index contributed by atoms with van der Waals surface area (Å²) in [4.78, 5) is 2.23. The van der Waals surface area contributed by atoms with Gasteiger partial charge in [0.15, 0.2) is 0 Å². The Balaban J connectivity index is 3.22. The van der Waals surface area contributed by atoms with E-state index in [1.807, 2.05) is 19.9 Å². The highest BCUT2D eigenvalue weighted by Crippen LogP contribution is 2.30. The van der Waals surface area contributed by atoms with Crippen molar-refractivity contribution in [2.45, 2.75) is 46.7 Å². The zero-order valence-electron chi connectivity index (χ0n) is 12.1. The van der Waals surface area contributed by atoms with Gasteiger partial charge >= 0.3 is 0 Å². The van der Waals surface area contributed by atoms with E-state index in [4.69, 9.17) is 0 Å². The Morgan fingerprint density at radius 2 is 1.89 bits per heavy atom. The van der Waals surface area contributed by atoms with Crippen LogP contribution in [0.2, 0.25) is 0 Å². The maximum atomic E-state index is 14.1. The zero-order valence-corrected chi connectivity index (χ0v) is 12.1. The minimum Gasteiger partial charge on any atom is -0.369 e. The average Bonchev–Trinajstić information content (AvgIpc) is 2.29. The van der Waals surface area contributed by atoms with Crippen LogP contribution >= 0.6 is 0 Å². The van der Waals surface area contributed by atoms with Gasteiger partial charge in [-0.1, -0.05) is 13.0 Å². The van der Waals surface area contributed by atoms with E-state index in [9.17, 15) is 4.39 Å². The van der Waals surface area contributed by atoms with Crippen molar-refractivity contribution in [3.05, 3.63) is 29.6 Å². The SMILES string of the molecule is CCNC(C)c1c(F)cccc1N(CC)C(C)C. The van der Waals surface area contributed by atoms with Crippen molar-refractivity contribution in [1.29, 1.82) is 0 Å². The topological polar surface area (TPSA) is 15.3 Å². The Bertz CT molecular complexity index is 377. The predicted molar refractivity (Wildman–Crippen MR) is 76.6 cm³/mol. The van der Waals surface area contributed by atoms with Crippen LogP contribution in [0.1, 0.15) is 46.2 Å². The van der Waals surface area contributed by atoms with E-state index >= 15 is 0 Å². The molecule has 0 heterocycles. The third kappa shape index (κ3) is 3.22. The van der Waals surface area contributed by atoms with E-state index in [0.717, 1.165) is 24.3 Å². The van der Waals surface area contributed by atoms with Gasteiger partial charge in [-0.2, -0.15) is 0 Å². The molecule has 1 aromatic rings. The van der Waals surface area contributed by atoms with E-state index in [1.54, 1.807) is 12.1 Å². The number of hydrogen-bond donors (Lipinski definition) is 1. The fraction of sp³-hybridized carbons (Fsp3) is 0.600. The molecule has 1 aromatic carbocycles. The molecule has 0 fully saturated rings. The summed E-state index contributed by atoms with van der Waals surface area (Å²) < 4.78 is 14.1. The van der Waals surface area contributed by atoms with Crippen molar-refractivity contribution in [2.24, 2.45) is 0 Å². The summed E-state index contributed by atoms with van der Waals surface area (Å²) in [6.07, 6.45) is 0. The lowest BCUT2D eigenvalue weighted by molar-refractivity contribution is 0.537.